The van der Waals surface area contributed by atoms with Gasteiger partial charge >= 0.3 is 0 Å². The lowest BCUT2D eigenvalue weighted by Crippen LogP contribution is -2.18. The average Bonchev–Trinajstić information content (AvgIpc) is 2.11. The molecule has 0 aromatic heterocycles. The maximum Gasteiger partial charge on any atom is 0.224 e. The number of rotatable bonds is 0. The van der Waals surface area contributed by atoms with Crippen LogP contribution in [0.3, 0.4) is 0 Å². The Morgan fingerprint density at radius 1 is 1.15 bits per heavy atom. The van der Waals surface area contributed by atoms with E-state index in [1.807, 2.05) is 24.3 Å². The Morgan fingerprint density at radius 2 is 1.92 bits per heavy atom. The van der Waals surface area contributed by atoms with Crippen molar-refractivity contribution in [2.75, 3.05) is 17.2 Å². The fourth-order valence-corrected chi connectivity index (χ4v) is 1.43. The van der Waals surface area contributed by atoms with Gasteiger partial charge in [-0.25, -0.2) is 0 Å². The zero-order valence-corrected chi connectivity index (χ0v) is 7.34. The van der Waals surface area contributed by atoms with Crippen LogP contribution < -0.4 is 10.6 Å². The molecule has 0 saturated carbocycles. The van der Waals surface area contributed by atoms with Crippen molar-refractivity contribution in [2.24, 2.45) is 0 Å². The highest BCUT2D eigenvalue weighted by Gasteiger charge is 2.08. The van der Waals surface area contributed by atoms with Crippen molar-refractivity contribution in [1.29, 1.82) is 0 Å². The monoisotopic (exact) mass is 176 g/mol. The molecule has 13 heavy (non-hydrogen) atoms. The van der Waals surface area contributed by atoms with Gasteiger partial charge in [0.25, 0.3) is 0 Å². The lowest BCUT2D eigenvalue weighted by atomic mass is 10.2. The molecule has 1 aliphatic heterocycles. The second-order valence-electron chi connectivity index (χ2n) is 3.12. The van der Waals surface area contributed by atoms with Gasteiger partial charge in [0.15, 0.2) is 0 Å². The van der Waals surface area contributed by atoms with Crippen LogP contribution in [0.1, 0.15) is 12.8 Å². The van der Waals surface area contributed by atoms with Gasteiger partial charge in [-0.1, -0.05) is 12.1 Å². The van der Waals surface area contributed by atoms with E-state index in [0.717, 1.165) is 24.3 Å². The van der Waals surface area contributed by atoms with Gasteiger partial charge in [-0.05, 0) is 18.6 Å². The fourth-order valence-electron chi connectivity index (χ4n) is 1.43. The highest BCUT2D eigenvalue weighted by Crippen LogP contribution is 2.22. The smallest absolute Gasteiger partial charge is 0.224 e. The first-order valence-corrected chi connectivity index (χ1v) is 4.49. The number of anilines is 2. The molecule has 0 bridgehead atoms. The largest absolute Gasteiger partial charge is 0.383 e. The summed E-state index contributed by atoms with van der Waals surface area (Å²) < 4.78 is 0. The maximum atomic E-state index is 11.3. The Labute approximate surface area is 77.1 Å². The maximum absolute atomic E-state index is 11.3. The van der Waals surface area contributed by atoms with E-state index in [1.165, 1.54) is 0 Å². The van der Waals surface area contributed by atoms with Gasteiger partial charge in [0.2, 0.25) is 5.91 Å². The Bertz CT molecular complexity index is 322. The van der Waals surface area contributed by atoms with Crippen molar-refractivity contribution in [2.45, 2.75) is 12.8 Å². The number of hydrogen-bond donors (Lipinski definition) is 2. The number of benzene rings is 1. The molecule has 0 fully saturated rings. The molecule has 0 saturated heterocycles. The van der Waals surface area contributed by atoms with Crippen LogP contribution in [0.2, 0.25) is 0 Å². The van der Waals surface area contributed by atoms with E-state index in [1.54, 1.807) is 0 Å². The van der Waals surface area contributed by atoms with Gasteiger partial charge in [0.05, 0.1) is 11.4 Å². The minimum Gasteiger partial charge on any atom is -0.383 e. The SMILES string of the molecule is O=C1CCCNc2ccccc2N1. The van der Waals surface area contributed by atoms with Crippen molar-refractivity contribution >= 4 is 17.3 Å². The molecule has 1 aromatic carbocycles. The van der Waals surface area contributed by atoms with Gasteiger partial charge in [-0.2, -0.15) is 0 Å². The van der Waals surface area contributed by atoms with Gasteiger partial charge in [-0.15, -0.1) is 0 Å². The summed E-state index contributed by atoms with van der Waals surface area (Å²) in [6, 6.07) is 7.76. The second kappa shape index (κ2) is 3.47. The normalized spacial score (nSPS) is 16.2. The zero-order chi connectivity index (χ0) is 9.10. The number of carbonyl (C=O) groups excluding carboxylic acids is 1. The van der Waals surface area contributed by atoms with E-state index < -0.39 is 0 Å². The van der Waals surface area contributed by atoms with E-state index in [2.05, 4.69) is 10.6 Å². The minimum absolute atomic E-state index is 0.106. The first kappa shape index (κ1) is 8.10. The Kier molecular flexibility index (Phi) is 2.17. The molecule has 2 rings (SSSR count). The summed E-state index contributed by atoms with van der Waals surface area (Å²) in [7, 11) is 0. The molecule has 3 nitrogen and oxygen atoms in total. The lowest BCUT2D eigenvalue weighted by Gasteiger charge is -2.15. The van der Waals surface area contributed by atoms with E-state index in [9.17, 15) is 4.79 Å². The molecule has 0 aliphatic carbocycles. The summed E-state index contributed by atoms with van der Waals surface area (Å²) in [5.74, 6) is 0.106. The van der Waals surface area contributed by atoms with Crippen molar-refractivity contribution in [3.63, 3.8) is 0 Å². The van der Waals surface area contributed by atoms with Crippen LogP contribution in [0.5, 0.6) is 0 Å². The van der Waals surface area contributed by atoms with Crippen LogP contribution in [0.4, 0.5) is 11.4 Å². The molecular formula is C10H12N2O. The average molecular weight is 176 g/mol. The Hall–Kier alpha value is -1.51. The summed E-state index contributed by atoms with van der Waals surface area (Å²) in [6.07, 6.45) is 1.49. The summed E-state index contributed by atoms with van der Waals surface area (Å²) in [5.41, 5.74) is 1.89. The molecule has 3 heteroatoms. The predicted octanol–water partition coefficient (Wildman–Crippen LogP) is 1.83. The van der Waals surface area contributed by atoms with Gasteiger partial charge in [0, 0.05) is 13.0 Å². The van der Waals surface area contributed by atoms with Crippen LogP contribution >= 0.6 is 0 Å². The van der Waals surface area contributed by atoms with Crippen LogP contribution in [-0.4, -0.2) is 12.5 Å². The predicted molar refractivity (Wildman–Crippen MR) is 52.8 cm³/mol. The van der Waals surface area contributed by atoms with Crippen LogP contribution in [-0.2, 0) is 4.79 Å². The molecule has 1 amide bonds. The molecule has 68 valence electrons. The van der Waals surface area contributed by atoms with Crippen molar-refractivity contribution in [1.82, 2.24) is 0 Å². The molecule has 0 radical (unpaired) electrons. The number of hydrogen-bond acceptors (Lipinski definition) is 2. The number of carbonyl (C=O) groups is 1. The standard InChI is InChI=1S/C10H12N2O/c13-10-6-3-7-11-8-4-1-2-5-9(8)12-10/h1-2,4-5,11H,3,6-7H2,(H,12,13). The third kappa shape index (κ3) is 1.80. The van der Waals surface area contributed by atoms with Crippen molar-refractivity contribution in [3.8, 4) is 0 Å². The van der Waals surface area contributed by atoms with Gasteiger partial charge in [0.1, 0.15) is 0 Å². The molecule has 2 N–H and O–H groups in total. The zero-order valence-electron chi connectivity index (χ0n) is 7.34. The topological polar surface area (TPSA) is 41.1 Å². The molecule has 0 atom stereocenters. The molecule has 1 heterocycles. The summed E-state index contributed by atoms with van der Waals surface area (Å²) in [6.45, 7) is 0.866. The Morgan fingerprint density at radius 3 is 2.77 bits per heavy atom. The van der Waals surface area contributed by atoms with Gasteiger partial charge < -0.3 is 10.6 Å². The van der Waals surface area contributed by atoms with Crippen LogP contribution in [0, 0.1) is 0 Å². The molecule has 0 spiro atoms. The first-order chi connectivity index (χ1) is 6.36. The van der Waals surface area contributed by atoms with Crippen LogP contribution in [0.25, 0.3) is 0 Å². The third-order valence-electron chi connectivity index (χ3n) is 2.10. The third-order valence-corrected chi connectivity index (χ3v) is 2.10. The molecular weight excluding hydrogens is 164 g/mol. The summed E-state index contributed by atoms with van der Waals surface area (Å²) >= 11 is 0. The number of amides is 1. The quantitative estimate of drug-likeness (QED) is 0.633. The van der Waals surface area contributed by atoms with Crippen LogP contribution in [0.15, 0.2) is 24.3 Å². The molecule has 1 aromatic rings. The minimum atomic E-state index is 0.106. The number of nitrogens with one attached hydrogen (secondary N) is 2. The van der Waals surface area contributed by atoms with Crippen molar-refractivity contribution < 1.29 is 4.79 Å². The van der Waals surface area contributed by atoms with Gasteiger partial charge in [-0.3, -0.25) is 4.79 Å². The van der Waals surface area contributed by atoms with E-state index in [-0.39, 0.29) is 5.91 Å². The highest BCUT2D eigenvalue weighted by atomic mass is 16.1. The lowest BCUT2D eigenvalue weighted by molar-refractivity contribution is -0.116. The second-order valence-corrected chi connectivity index (χ2v) is 3.12. The van der Waals surface area contributed by atoms with E-state index in [4.69, 9.17) is 0 Å². The molecule has 0 unspecified atom stereocenters. The number of para-hydroxylation sites is 2. The van der Waals surface area contributed by atoms with Crippen molar-refractivity contribution in [3.05, 3.63) is 24.3 Å². The highest BCUT2D eigenvalue weighted by molar-refractivity contribution is 5.94. The Balaban J connectivity index is 2.30. The first-order valence-electron chi connectivity index (χ1n) is 4.49. The summed E-state index contributed by atoms with van der Waals surface area (Å²) in [5, 5.41) is 6.13. The summed E-state index contributed by atoms with van der Waals surface area (Å²) in [4.78, 5) is 11.3. The number of fused-ring (bicyclic) bond motifs is 1. The van der Waals surface area contributed by atoms with E-state index >= 15 is 0 Å². The fraction of sp³-hybridized carbons (Fsp3) is 0.300. The molecule has 1 aliphatic rings. The van der Waals surface area contributed by atoms with E-state index in [0.29, 0.717) is 6.42 Å².